The molecule has 0 spiro atoms. The molecule has 1 saturated heterocycles. The van der Waals surface area contributed by atoms with E-state index in [0.717, 1.165) is 27.2 Å². The summed E-state index contributed by atoms with van der Waals surface area (Å²) in [5, 5.41) is 11.7. The van der Waals surface area contributed by atoms with Gasteiger partial charge in [0, 0.05) is 16.5 Å². The van der Waals surface area contributed by atoms with Crippen LogP contribution in [0, 0.1) is 22.0 Å². The molecule has 7 rings (SSSR count). The third-order valence-electron chi connectivity index (χ3n) is 6.89. The molecule has 6 nitrogen and oxygen atoms in total. The molecule has 0 saturated carbocycles. The van der Waals surface area contributed by atoms with Crippen LogP contribution in [0.15, 0.2) is 71.2 Å². The van der Waals surface area contributed by atoms with Crippen molar-refractivity contribution in [3.05, 3.63) is 104 Å². The first kappa shape index (κ1) is 19.8. The Labute approximate surface area is 199 Å². The van der Waals surface area contributed by atoms with Gasteiger partial charge in [-0.1, -0.05) is 80.4 Å². The first-order valence-corrected chi connectivity index (χ1v) is 11.6. The number of alkyl halides is 1. The molecule has 3 aromatic carbocycles. The van der Waals surface area contributed by atoms with E-state index in [1.165, 1.54) is 12.1 Å². The van der Waals surface area contributed by atoms with Crippen LogP contribution in [0.4, 0.5) is 11.4 Å². The van der Waals surface area contributed by atoms with Gasteiger partial charge < -0.3 is 0 Å². The number of amides is 2. The largest absolute Gasteiger partial charge is 0.294 e. The molecule has 0 unspecified atom stereocenters. The van der Waals surface area contributed by atoms with Crippen molar-refractivity contribution in [2.75, 3.05) is 4.90 Å². The van der Waals surface area contributed by atoms with Crippen molar-refractivity contribution in [2.24, 2.45) is 11.8 Å². The molecule has 32 heavy (non-hydrogen) atoms. The average molecular weight is 554 g/mol. The summed E-state index contributed by atoms with van der Waals surface area (Å²) in [6, 6.07) is 20.1. The Bertz CT molecular complexity index is 1320. The second-order valence-corrected chi connectivity index (χ2v) is 10.4. The monoisotopic (exact) mass is 552 g/mol. The zero-order valence-electron chi connectivity index (χ0n) is 16.4. The summed E-state index contributed by atoms with van der Waals surface area (Å²) in [6.45, 7) is 0. The molecule has 0 N–H and O–H groups in total. The highest BCUT2D eigenvalue weighted by molar-refractivity contribution is 9.10. The number of carbonyl (C=O) groups is 2. The molecule has 0 aromatic heterocycles. The Morgan fingerprint density at radius 1 is 0.906 bits per heavy atom. The molecule has 2 atom stereocenters. The van der Waals surface area contributed by atoms with Crippen LogP contribution < -0.4 is 4.90 Å². The molecule has 0 radical (unpaired) electrons. The topological polar surface area (TPSA) is 80.5 Å². The second-order valence-electron chi connectivity index (χ2n) is 8.27. The van der Waals surface area contributed by atoms with Crippen LogP contribution in [-0.2, 0) is 13.9 Å². The average Bonchev–Trinajstić information content (AvgIpc) is 3.06. The highest BCUT2D eigenvalue weighted by Crippen LogP contribution is 2.66. The number of nitro benzene ring substituents is 1. The molecule has 3 aromatic rings. The van der Waals surface area contributed by atoms with Gasteiger partial charge in [-0.2, -0.15) is 0 Å². The highest BCUT2D eigenvalue weighted by atomic mass is 79.9. The first-order chi connectivity index (χ1) is 15.4. The van der Waals surface area contributed by atoms with Gasteiger partial charge in [-0.25, -0.2) is 4.90 Å². The van der Waals surface area contributed by atoms with E-state index in [1.807, 2.05) is 48.5 Å². The molecule has 4 aliphatic rings. The van der Waals surface area contributed by atoms with E-state index in [9.17, 15) is 19.7 Å². The quantitative estimate of drug-likeness (QED) is 0.188. The van der Waals surface area contributed by atoms with Crippen molar-refractivity contribution >= 4 is 55.0 Å². The van der Waals surface area contributed by atoms with Gasteiger partial charge in [0.2, 0.25) is 11.8 Å². The SMILES string of the molecule is O=C1[C@@H]2C3c4ccccc4C(Br)(c4ccccc43)[C@@H]2C(=O)N1c1ccc(Br)cc1[N+](=O)[O-]. The Morgan fingerprint density at radius 3 is 2.09 bits per heavy atom. The summed E-state index contributed by atoms with van der Waals surface area (Å²) in [5.41, 5.74) is 3.68. The fourth-order valence-electron chi connectivity index (χ4n) is 5.75. The third-order valence-corrected chi connectivity index (χ3v) is 8.73. The van der Waals surface area contributed by atoms with Crippen molar-refractivity contribution < 1.29 is 14.5 Å². The van der Waals surface area contributed by atoms with E-state index in [0.29, 0.717) is 4.47 Å². The number of nitro groups is 1. The lowest BCUT2D eigenvalue weighted by Crippen LogP contribution is -2.50. The Balaban J connectivity index is 1.61. The van der Waals surface area contributed by atoms with Gasteiger partial charge in [-0.15, -0.1) is 0 Å². The van der Waals surface area contributed by atoms with Crippen LogP contribution in [-0.4, -0.2) is 16.7 Å². The molecule has 3 aliphatic carbocycles. The van der Waals surface area contributed by atoms with E-state index in [-0.39, 0.29) is 17.3 Å². The summed E-state index contributed by atoms with van der Waals surface area (Å²) in [4.78, 5) is 39.9. The van der Waals surface area contributed by atoms with E-state index >= 15 is 0 Å². The summed E-state index contributed by atoms with van der Waals surface area (Å²) < 4.78 is -0.382. The van der Waals surface area contributed by atoms with Crippen LogP contribution in [0.3, 0.4) is 0 Å². The molecule has 8 heteroatoms. The van der Waals surface area contributed by atoms with Crippen molar-refractivity contribution in [3.63, 3.8) is 0 Å². The van der Waals surface area contributed by atoms with Crippen molar-refractivity contribution in [1.82, 2.24) is 0 Å². The molecule has 2 bridgehead atoms. The minimum absolute atomic E-state index is 0.00575. The lowest BCUT2D eigenvalue weighted by atomic mass is 9.55. The lowest BCUT2D eigenvalue weighted by molar-refractivity contribution is -0.384. The van der Waals surface area contributed by atoms with Crippen LogP contribution >= 0.6 is 31.9 Å². The normalized spacial score (nSPS) is 27.2. The molecular formula is C24H14Br2N2O4. The van der Waals surface area contributed by atoms with Gasteiger partial charge in [0.05, 0.1) is 21.1 Å². The number of imide groups is 1. The number of nitrogens with zero attached hydrogens (tertiary/aromatic N) is 2. The van der Waals surface area contributed by atoms with Crippen LogP contribution in [0.25, 0.3) is 0 Å². The minimum atomic E-state index is -0.884. The zero-order valence-corrected chi connectivity index (χ0v) is 19.5. The number of benzene rings is 3. The molecular weight excluding hydrogens is 540 g/mol. The summed E-state index contributed by atoms with van der Waals surface area (Å²) >= 11 is 7.16. The second kappa shape index (κ2) is 6.59. The fourth-order valence-corrected chi connectivity index (χ4v) is 7.30. The fraction of sp³-hybridized carbons (Fsp3) is 0.167. The predicted octanol–water partition coefficient (Wildman–Crippen LogP) is 5.26. The predicted molar refractivity (Wildman–Crippen MR) is 125 cm³/mol. The molecule has 158 valence electrons. The maximum atomic E-state index is 13.9. The zero-order chi connectivity index (χ0) is 22.4. The molecule has 1 fully saturated rings. The molecule has 2 amide bonds. The van der Waals surface area contributed by atoms with E-state index in [2.05, 4.69) is 31.9 Å². The van der Waals surface area contributed by atoms with Gasteiger partial charge in [-0.3, -0.25) is 19.7 Å². The number of hydrogen-bond acceptors (Lipinski definition) is 4. The van der Waals surface area contributed by atoms with Gasteiger partial charge in [0.15, 0.2) is 0 Å². The highest BCUT2D eigenvalue weighted by Gasteiger charge is 2.68. The first-order valence-electron chi connectivity index (χ1n) is 10.0. The maximum Gasteiger partial charge on any atom is 0.294 e. The lowest BCUT2D eigenvalue weighted by Gasteiger charge is -2.51. The van der Waals surface area contributed by atoms with Crippen molar-refractivity contribution in [3.8, 4) is 0 Å². The number of carbonyl (C=O) groups excluding carboxylic acids is 2. The maximum absolute atomic E-state index is 13.9. The number of anilines is 1. The third kappa shape index (κ3) is 2.29. The van der Waals surface area contributed by atoms with Gasteiger partial charge in [0.25, 0.3) is 5.69 Å². The number of halogens is 2. The Morgan fingerprint density at radius 2 is 1.50 bits per heavy atom. The Kier molecular flexibility index (Phi) is 4.08. The van der Waals surface area contributed by atoms with Crippen molar-refractivity contribution in [2.45, 2.75) is 10.2 Å². The number of rotatable bonds is 2. The van der Waals surface area contributed by atoms with Gasteiger partial charge >= 0.3 is 0 Å². The van der Waals surface area contributed by atoms with Crippen LogP contribution in [0.5, 0.6) is 0 Å². The minimum Gasteiger partial charge on any atom is -0.274 e. The smallest absolute Gasteiger partial charge is 0.274 e. The van der Waals surface area contributed by atoms with Gasteiger partial charge in [-0.05, 0) is 34.4 Å². The summed E-state index contributed by atoms with van der Waals surface area (Å²) in [5.74, 6) is -2.45. The Hall–Kier alpha value is -2.84. The standard InChI is InChI=1S/C24H14Br2N2O4/c25-12-9-10-17(18(11-12)28(31)32)27-22(29)20-19-13-5-1-3-7-15(13)24(26,21(20)23(27)30)16-8-4-2-6-14(16)19/h1-11,19-21H/t19?,20-,21+,24?/m1/s1. The summed E-state index contributed by atoms with van der Waals surface area (Å²) in [7, 11) is 0. The number of hydrogen-bond donors (Lipinski definition) is 0. The summed E-state index contributed by atoms with van der Waals surface area (Å²) in [6.07, 6.45) is 0. The van der Waals surface area contributed by atoms with Crippen molar-refractivity contribution in [1.29, 1.82) is 0 Å². The molecule has 1 heterocycles. The molecule has 1 aliphatic heterocycles. The van der Waals surface area contributed by atoms with E-state index in [4.69, 9.17) is 0 Å². The van der Waals surface area contributed by atoms with E-state index < -0.39 is 32.9 Å². The van der Waals surface area contributed by atoms with Crippen LogP contribution in [0.1, 0.15) is 28.2 Å². The van der Waals surface area contributed by atoms with E-state index in [1.54, 1.807) is 6.07 Å². The van der Waals surface area contributed by atoms with Crippen LogP contribution in [0.2, 0.25) is 0 Å². The van der Waals surface area contributed by atoms with Gasteiger partial charge in [0.1, 0.15) is 5.69 Å².